The lowest BCUT2D eigenvalue weighted by molar-refractivity contribution is 0.616. The second kappa shape index (κ2) is 6.23. The minimum Gasteiger partial charge on any atom is -0.225 e. The van der Waals surface area contributed by atoms with Gasteiger partial charge in [-0.1, -0.05) is 60.5 Å². The van der Waals surface area contributed by atoms with Crippen LogP contribution in [0.5, 0.6) is 0 Å². The Bertz CT molecular complexity index is 778. The molecule has 2 aromatic carbocycles. The summed E-state index contributed by atoms with van der Waals surface area (Å²) in [6, 6.07) is 18.1. The van der Waals surface area contributed by atoms with Crippen LogP contribution in [0.3, 0.4) is 0 Å². The summed E-state index contributed by atoms with van der Waals surface area (Å²) in [5.74, 6) is 6.59. The summed E-state index contributed by atoms with van der Waals surface area (Å²) in [6.45, 7) is 2.14. The zero-order valence-electron chi connectivity index (χ0n) is 12.0. The van der Waals surface area contributed by atoms with E-state index in [4.69, 9.17) is 0 Å². The maximum Gasteiger partial charge on any atom is 0.140 e. The quantitative estimate of drug-likeness (QED) is 0.680. The number of fused-ring (bicyclic) bond motifs is 1. The maximum atomic E-state index is 4.31. The topological polar surface area (TPSA) is 30.7 Å². The first-order chi connectivity index (χ1) is 10.4. The lowest BCUT2D eigenvalue weighted by Crippen LogP contribution is -2.10. The molecule has 21 heavy (non-hydrogen) atoms. The van der Waals surface area contributed by atoms with Gasteiger partial charge in [0.2, 0.25) is 0 Å². The van der Waals surface area contributed by atoms with Gasteiger partial charge >= 0.3 is 0 Å². The molecule has 0 aliphatic carbocycles. The first-order valence-electron chi connectivity index (χ1n) is 7.23. The van der Waals surface area contributed by atoms with Gasteiger partial charge in [-0.15, -0.1) is 11.0 Å². The zero-order chi connectivity index (χ0) is 14.5. The first-order valence-corrected chi connectivity index (χ1v) is 7.23. The van der Waals surface area contributed by atoms with Crippen LogP contribution in [0, 0.1) is 11.8 Å². The van der Waals surface area contributed by atoms with Gasteiger partial charge in [-0.2, -0.15) is 0 Å². The Morgan fingerprint density at radius 2 is 1.81 bits per heavy atom. The maximum absolute atomic E-state index is 4.31. The summed E-state index contributed by atoms with van der Waals surface area (Å²) in [6.07, 6.45) is 1.96. The molecule has 1 unspecified atom stereocenters. The summed E-state index contributed by atoms with van der Waals surface area (Å²) < 4.78 is 1.91. The van der Waals surface area contributed by atoms with Gasteiger partial charge in [0.05, 0.1) is 5.52 Å². The molecule has 0 saturated carbocycles. The van der Waals surface area contributed by atoms with E-state index in [1.807, 2.05) is 47.1 Å². The lowest BCUT2D eigenvalue weighted by Gasteiger charge is -2.12. The summed E-state index contributed by atoms with van der Waals surface area (Å²) in [4.78, 5) is 0. The summed E-state index contributed by atoms with van der Waals surface area (Å²) in [7, 11) is 0. The molecule has 0 amide bonds. The fourth-order valence-electron chi connectivity index (χ4n) is 2.29. The van der Waals surface area contributed by atoms with Gasteiger partial charge in [-0.25, -0.2) is 4.68 Å². The Labute approximate surface area is 124 Å². The van der Waals surface area contributed by atoms with Gasteiger partial charge in [0.15, 0.2) is 0 Å². The fraction of sp³-hybridized carbons (Fsp3) is 0.222. The molecular formula is C18H17N3. The van der Waals surface area contributed by atoms with Crippen LogP contribution in [0.15, 0.2) is 54.6 Å². The predicted octanol–water partition coefficient (Wildman–Crippen LogP) is 3.82. The van der Waals surface area contributed by atoms with Crippen LogP contribution in [-0.4, -0.2) is 15.0 Å². The van der Waals surface area contributed by atoms with Crippen LogP contribution < -0.4 is 0 Å². The average molecular weight is 275 g/mol. The highest BCUT2D eigenvalue weighted by molar-refractivity contribution is 5.74. The van der Waals surface area contributed by atoms with Gasteiger partial charge < -0.3 is 0 Å². The Hall–Kier alpha value is -2.60. The molecule has 0 radical (unpaired) electrons. The molecule has 1 aromatic heterocycles. The fourth-order valence-corrected chi connectivity index (χ4v) is 2.29. The Morgan fingerprint density at radius 3 is 2.62 bits per heavy atom. The number of hydrogen-bond donors (Lipinski definition) is 0. The Morgan fingerprint density at radius 1 is 1.05 bits per heavy atom. The normalized spacial score (nSPS) is 11.9. The van der Waals surface area contributed by atoms with E-state index < -0.39 is 0 Å². The van der Waals surface area contributed by atoms with Crippen LogP contribution in [0.25, 0.3) is 11.0 Å². The molecule has 0 aliphatic rings. The van der Waals surface area contributed by atoms with Crippen LogP contribution in [0.2, 0.25) is 0 Å². The molecule has 104 valence electrons. The van der Waals surface area contributed by atoms with E-state index in [1.165, 1.54) is 0 Å². The molecule has 0 spiro atoms. The highest BCUT2D eigenvalue weighted by Crippen LogP contribution is 2.21. The number of aromatic nitrogens is 3. The van der Waals surface area contributed by atoms with Crippen molar-refractivity contribution in [3.05, 3.63) is 60.2 Å². The molecule has 3 aromatic rings. The molecule has 0 bridgehead atoms. The van der Waals surface area contributed by atoms with E-state index in [0.29, 0.717) is 0 Å². The van der Waals surface area contributed by atoms with Crippen LogP contribution in [0.4, 0.5) is 0 Å². The van der Waals surface area contributed by atoms with Gasteiger partial charge in [-0.05, 0) is 24.1 Å². The van der Waals surface area contributed by atoms with Crippen molar-refractivity contribution in [1.29, 1.82) is 0 Å². The molecule has 3 nitrogen and oxygen atoms in total. The second-order valence-electron chi connectivity index (χ2n) is 4.91. The molecule has 3 rings (SSSR count). The van der Waals surface area contributed by atoms with E-state index in [0.717, 1.165) is 29.4 Å². The number of hydrogen-bond acceptors (Lipinski definition) is 2. The monoisotopic (exact) mass is 275 g/mol. The summed E-state index contributed by atoms with van der Waals surface area (Å²) in [5.41, 5.74) is 3.05. The number of para-hydroxylation sites is 1. The third-order valence-electron chi connectivity index (χ3n) is 3.35. The van der Waals surface area contributed by atoms with Crippen LogP contribution in [0.1, 0.15) is 31.4 Å². The first kappa shape index (κ1) is 13.4. The van der Waals surface area contributed by atoms with E-state index in [9.17, 15) is 0 Å². The van der Waals surface area contributed by atoms with Crippen molar-refractivity contribution in [2.24, 2.45) is 0 Å². The Balaban J connectivity index is 2.09. The van der Waals surface area contributed by atoms with Crippen molar-refractivity contribution in [3.8, 4) is 11.8 Å². The van der Waals surface area contributed by atoms with Crippen molar-refractivity contribution in [3.63, 3.8) is 0 Å². The van der Waals surface area contributed by atoms with E-state index in [1.54, 1.807) is 0 Å². The standard InChI is InChI=1S/C18H17N3/c1-2-3-5-13-17(15-10-6-4-7-11-15)21-18-14-9-8-12-16(18)19-20-21/h4,6-12,14,17H,2-3H2,1H3. The van der Waals surface area contributed by atoms with Gasteiger partial charge in [0.25, 0.3) is 0 Å². The van der Waals surface area contributed by atoms with Gasteiger partial charge in [0, 0.05) is 6.42 Å². The van der Waals surface area contributed by atoms with E-state index >= 15 is 0 Å². The van der Waals surface area contributed by atoms with Crippen molar-refractivity contribution in [2.45, 2.75) is 25.8 Å². The molecule has 0 aliphatic heterocycles. The lowest BCUT2D eigenvalue weighted by atomic mass is 10.1. The Kier molecular flexibility index (Phi) is 3.97. The molecule has 3 heteroatoms. The SMILES string of the molecule is CCCC#CC(c1ccccc1)n1nnc2ccccc21. The van der Waals surface area contributed by atoms with Crippen molar-refractivity contribution < 1.29 is 0 Å². The second-order valence-corrected chi connectivity index (χ2v) is 4.91. The van der Waals surface area contributed by atoms with E-state index in [-0.39, 0.29) is 6.04 Å². The average Bonchev–Trinajstić information content (AvgIpc) is 2.96. The van der Waals surface area contributed by atoms with Crippen molar-refractivity contribution in [1.82, 2.24) is 15.0 Å². The third-order valence-corrected chi connectivity index (χ3v) is 3.35. The zero-order valence-corrected chi connectivity index (χ0v) is 12.0. The number of rotatable bonds is 3. The molecule has 0 saturated heterocycles. The largest absolute Gasteiger partial charge is 0.225 e. The number of benzene rings is 2. The summed E-state index contributed by atoms with van der Waals surface area (Å²) in [5, 5.41) is 8.55. The van der Waals surface area contributed by atoms with Crippen LogP contribution in [-0.2, 0) is 0 Å². The summed E-state index contributed by atoms with van der Waals surface area (Å²) >= 11 is 0. The van der Waals surface area contributed by atoms with Crippen molar-refractivity contribution in [2.75, 3.05) is 0 Å². The third kappa shape index (κ3) is 2.80. The highest BCUT2D eigenvalue weighted by Gasteiger charge is 2.15. The molecule has 1 atom stereocenters. The molecule has 1 heterocycles. The number of unbranched alkanes of at least 4 members (excludes halogenated alkanes) is 1. The number of nitrogens with zero attached hydrogens (tertiary/aromatic N) is 3. The minimum absolute atomic E-state index is 0.0925. The van der Waals surface area contributed by atoms with Gasteiger partial charge in [-0.3, -0.25) is 0 Å². The smallest absolute Gasteiger partial charge is 0.140 e. The van der Waals surface area contributed by atoms with E-state index in [2.05, 4.69) is 41.2 Å². The van der Waals surface area contributed by atoms with Crippen LogP contribution >= 0.6 is 0 Å². The molecule has 0 fully saturated rings. The molecule has 0 N–H and O–H groups in total. The van der Waals surface area contributed by atoms with Gasteiger partial charge in [0.1, 0.15) is 11.6 Å². The van der Waals surface area contributed by atoms with Crippen molar-refractivity contribution >= 4 is 11.0 Å². The molecular weight excluding hydrogens is 258 g/mol. The predicted molar refractivity (Wildman–Crippen MR) is 84.8 cm³/mol. The highest BCUT2D eigenvalue weighted by atomic mass is 15.4. The minimum atomic E-state index is -0.0925.